The van der Waals surface area contributed by atoms with E-state index in [4.69, 9.17) is 16.5 Å². The zero-order chi connectivity index (χ0) is 24.9. The average molecular weight is 474 g/mol. The number of pyridine rings is 1. The van der Waals surface area contributed by atoms with Crippen molar-refractivity contribution in [2.24, 2.45) is 12.8 Å². The van der Waals surface area contributed by atoms with Gasteiger partial charge in [-0.3, -0.25) is 14.5 Å². The van der Waals surface area contributed by atoms with E-state index < -0.39 is 6.03 Å². The molecule has 4 aromatic heterocycles. The van der Waals surface area contributed by atoms with E-state index in [2.05, 4.69) is 15.2 Å². The molecule has 2 atom stereocenters. The summed E-state index contributed by atoms with van der Waals surface area (Å²) in [5, 5.41) is 8.62. The zero-order valence-corrected chi connectivity index (χ0v) is 19.8. The maximum Gasteiger partial charge on any atom is 0.315 e. The van der Waals surface area contributed by atoms with E-state index in [1.807, 2.05) is 32.3 Å². The van der Waals surface area contributed by atoms with Crippen LogP contribution in [0.5, 0.6) is 0 Å². The van der Waals surface area contributed by atoms with Crippen LogP contribution in [0.15, 0.2) is 36.9 Å². The number of urea groups is 1. The normalized spacial score (nSPS) is 18.2. The Balaban J connectivity index is 1.57. The summed E-state index contributed by atoms with van der Waals surface area (Å²) in [6.45, 7) is 3.93. The number of anilines is 1. The van der Waals surface area contributed by atoms with Crippen molar-refractivity contribution >= 4 is 23.3 Å². The van der Waals surface area contributed by atoms with Gasteiger partial charge in [0.1, 0.15) is 5.82 Å². The van der Waals surface area contributed by atoms with Gasteiger partial charge in [-0.15, -0.1) is 0 Å². The van der Waals surface area contributed by atoms with Crippen LogP contribution in [0.3, 0.4) is 0 Å². The smallest absolute Gasteiger partial charge is 0.315 e. The van der Waals surface area contributed by atoms with E-state index in [1.165, 1.54) is 11.4 Å². The lowest BCUT2D eigenvalue weighted by Gasteiger charge is -2.36. The summed E-state index contributed by atoms with van der Waals surface area (Å²) in [5.41, 5.74) is 16.9. The van der Waals surface area contributed by atoms with Gasteiger partial charge in [0.15, 0.2) is 11.4 Å². The number of nitrogen functional groups attached to an aromatic ring is 1. The highest BCUT2D eigenvalue weighted by Crippen LogP contribution is 2.36. The molecule has 1 aliphatic rings. The standard InChI is InChI=1S/C24H27N9O2/c1-13-8-15(6-7-32(13)24(26)35)21-20(14(2)34)22(25)33-23(30-21)18(11-29-33)16-4-5-19(27-9-16)17-10-28-31(3)12-17/h4-5,9-13,15H,6-8,25H2,1-3H3,(H2,26,35)/t13-,15+/m0/s1. The molecule has 2 amide bonds. The number of primary amides is 1. The second kappa shape index (κ2) is 8.49. The first-order valence-corrected chi connectivity index (χ1v) is 11.4. The van der Waals surface area contributed by atoms with E-state index >= 15 is 0 Å². The summed E-state index contributed by atoms with van der Waals surface area (Å²) >= 11 is 0. The first kappa shape index (κ1) is 22.5. The van der Waals surface area contributed by atoms with E-state index in [9.17, 15) is 9.59 Å². The number of aryl methyl sites for hydroxylation is 1. The number of rotatable bonds is 4. The second-order valence-electron chi connectivity index (χ2n) is 9.04. The number of fused-ring (bicyclic) bond motifs is 1. The quantitative estimate of drug-likeness (QED) is 0.432. The van der Waals surface area contributed by atoms with Gasteiger partial charge in [-0.1, -0.05) is 6.07 Å². The fraction of sp³-hybridized carbons (Fsp3) is 0.333. The Labute approximate surface area is 201 Å². The maximum absolute atomic E-state index is 12.6. The summed E-state index contributed by atoms with van der Waals surface area (Å²) < 4.78 is 3.23. The van der Waals surface area contributed by atoms with Crippen LogP contribution >= 0.6 is 0 Å². The van der Waals surface area contributed by atoms with Crippen molar-refractivity contribution in [2.45, 2.75) is 38.6 Å². The summed E-state index contributed by atoms with van der Waals surface area (Å²) in [4.78, 5) is 35.5. The monoisotopic (exact) mass is 473 g/mol. The number of hydrogen-bond donors (Lipinski definition) is 2. The van der Waals surface area contributed by atoms with Crippen molar-refractivity contribution in [3.63, 3.8) is 0 Å². The highest BCUT2D eigenvalue weighted by atomic mass is 16.2. The lowest BCUT2D eigenvalue weighted by Crippen LogP contribution is -2.47. The molecule has 1 saturated heterocycles. The van der Waals surface area contributed by atoms with Gasteiger partial charge in [0.05, 0.1) is 29.3 Å². The third kappa shape index (κ3) is 3.88. The third-order valence-corrected chi connectivity index (χ3v) is 6.68. The molecule has 0 saturated carbocycles. The Morgan fingerprint density at radius 3 is 2.51 bits per heavy atom. The molecule has 0 spiro atoms. The zero-order valence-electron chi connectivity index (χ0n) is 19.8. The Hall–Kier alpha value is -4.28. The molecule has 11 heteroatoms. The van der Waals surface area contributed by atoms with Gasteiger partial charge in [-0.2, -0.15) is 14.7 Å². The Morgan fingerprint density at radius 1 is 1.11 bits per heavy atom. The van der Waals surface area contributed by atoms with Crippen molar-refractivity contribution in [1.29, 1.82) is 0 Å². The molecule has 5 rings (SSSR count). The number of ketones is 1. The lowest BCUT2D eigenvalue weighted by molar-refractivity contribution is 0.101. The van der Waals surface area contributed by atoms with Gasteiger partial charge in [0.25, 0.3) is 0 Å². The van der Waals surface area contributed by atoms with Crippen LogP contribution in [0.1, 0.15) is 48.7 Å². The van der Waals surface area contributed by atoms with Crippen LogP contribution in [-0.4, -0.2) is 58.7 Å². The molecule has 35 heavy (non-hydrogen) atoms. The minimum Gasteiger partial charge on any atom is -0.383 e. The highest BCUT2D eigenvalue weighted by molar-refractivity contribution is 6.00. The number of nitrogens with zero attached hydrogens (tertiary/aromatic N) is 7. The molecule has 1 aliphatic heterocycles. The van der Waals surface area contributed by atoms with E-state index in [1.54, 1.807) is 28.2 Å². The Kier molecular flexibility index (Phi) is 5.46. The third-order valence-electron chi connectivity index (χ3n) is 6.68. The van der Waals surface area contributed by atoms with Crippen molar-refractivity contribution in [3.8, 4) is 22.4 Å². The van der Waals surface area contributed by atoms with E-state index in [0.717, 1.165) is 22.4 Å². The van der Waals surface area contributed by atoms with Gasteiger partial charge in [0, 0.05) is 54.6 Å². The molecule has 0 aromatic carbocycles. The molecule has 5 heterocycles. The number of piperidine rings is 1. The van der Waals surface area contributed by atoms with E-state index in [0.29, 0.717) is 36.3 Å². The predicted octanol–water partition coefficient (Wildman–Crippen LogP) is 2.62. The topological polar surface area (TPSA) is 150 Å². The van der Waals surface area contributed by atoms with Crippen LogP contribution < -0.4 is 11.5 Å². The number of carbonyl (C=O) groups is 2. The molecule has 0 aliphatic carbocycles. The largest absolute Gasteiger partial charge is 0.383 e. The first-order chi connectivity index (χ1) is 16.7. The number of likely N-dealkylation sites (tertiary alicyclic amines) is 1. The van der Waals surface area contributed by atoms with Crippen molar-refractivity contribution in [3.05, 3.63) is 48.2 Å². The second-order valence-corrected chi connectivity index (χ2v) is 9.04. The lowest BCUT2D eigenvalue weighted by atomic mass is 9.86. The van der Waals surface area contributed by atoms with Gasteiger partial charge < -0.3 is 16.4 Å². The van der Waals surface area contributed by atoms with Gasteiger partial charge in [-0.25, -0.2) is 9.78 Å². The highest BCUT2D eigenvalue weighted by Gasteiger charge is 2.33. The molecule has 1 fully saturated rings. The molecular weight excluding hydrogens is 446 g/mol. The summed E-state index contributed by atoms with van der Waals surface area (Å²) in [5.74, 6) is 0.0470. The number of Topliss-reactive ketones (excluding diaryl/α,β-unsaturated/α-hetero) is 1. The van der Waals surface area contributed by atoms with Gasteiger partial charge in [0.2, 0.25) is 0 Å². The minimum absolute atomic E-state index is 0.0411. The Morgan fingerprint density at radius 2 is 1.91 bits per heavy atom. The SMILES string of the molecule is CC(=O)c1c([C@@H]2CCN(C(N)=O)[C@@H](C)C2)nc2c(-c3ccc(-c4cnn(C)c4)nc3)cnn2c1N. The number of nitrogens with two attached hydrogens (primary N) is 2. The number of hydrogen-bond acceptors (Lipinski definition) is 7. The van der Waals surface area contributed by atoms with Crippen molar-refractivity contribution in [2.75, 3.05) is 12.3 Å². The van der Waals surface area contributed by atoms with Gasteiger partial charge >= 0.3 is 6.03 Å². The van der Waals surface area contributed by atoms with Gasteiger partial charge in [-0.05, 0) is 32.8 Å². The molecule has 11 nitrogen and oxygen atoms in total. The van der Waals surface area contributed by atoms with Crippen LogP contribution in [0, 0.1) is 0 Å². The fourth-order valence-electron chi connectivity index (χ4n) is 4.92. The summed E-state index contributed by atoms with van der Waals surface area (Å²) in [7, 11) is 1.86. The van der Waals surface area contributed by atoms with Crippen LogP contribution in [0.25, 0.3) is 28.0 Å². The van der Waals surface area contributed by atoms with Crippen LogP contribution in [-0.2, 0) is 7.05 Å². The van der Waals surface area contributed by atoms with Crippen molar-refractivity contribution in [1.82, 2.24) is 34.3 Å². The fourth-order valence-corrected chi connectivity index (χ4v) is 4.92. The molecule has 0 radical (unpaired) electrons. The first-order valence-electron chi connectivity index (χ1n) is 11.4. The van der Waals surface area contributed by atoms with E-state index in [-0.39, 0.29) is 23.6 Å². The Bertz CT molecular complexity index is 1440. The average Bonchev–Trinajstić information content (AvgIpc) is 3.45. The molecule has 0 bridgehead atoms. The summed E-state index contributed by atoms with van der Waals surface area (Å²) in [6.07, 6.45) is 8.39. The molecular formula is C24H27N9O2. The van der Waals surface area contributed by atoms with Crippen LogP contribution in [0.2, 0.25) is 0 Å². The molecule has 0 unspecified atom stereocenters. The van der Waals surface area contributed by atoms with Crippen LogP contribution in [0.4, 0.5) is 10.6 Å². The maximum atomic E-state index is 12.6. The molecule has 4 aromatic rings. The van der Waals surface area contributed by atoms with Crippen molar-refractivity contribution < 1.29 is 9.59 Å². The number of aromatic nitrogens is 6. The minimum atomic E-state index is -0.439. The molecule has 180 valence electrons. The number of amides is 2. The summed E-state index contributed by atoms with van der Waals surface area (Å²) in [6, 6.07) is 3.37. The number of carbonyl (C=O) groups excluding carboxylic acids is 2. The predicted molar refractivity (Wildman–Crippen MR) is 131 cm³/mol. The molecule has 4 N–H and O–H groups in total.